The van der Waals surface area contributed by atoms with Crippen LogP contribution in [-0.2, 0) is 6.54 Å². The Morgan fingerprint density at radius 2 is 2.00 bits per heavy atom. The lowest BCUT2D eigenvalue weighted by Gasteiger charge is -2.06. The molecule has 0 fully saturated rings. The Bertz CT molecular complexity index is 1140. The lowest BCUT2D eigenvalue weighted by atomic mass is 10.1. The summed E-state index contributed by atoms with van der Waals surface area (Å²) in [4.78, 5) is 17.2. The number of nitrogens with zero attached hydrogens (tertiary/aromatic N) is 2. The maximum Gasteiger partial charge on any atom is 0.271 e. The highest BCUT2D eigenvalue weighted by atomic mass is 79.9. The van der Waals surface area contributed by atoms with Crippen LogP contribution in [0, 0.1) is 5.82 Å². The third-order valence-electron chi connectivity index (χ3n) is 3.92. The molecule has 2 aromatic heterocycles. The smallest absolute Gasteiger partial charge is 0.271 e. The summed E-state index contributed by atoms with van der Waals surface area (Å²) in [6.45, 7) is 0.453. The predicted octanol–water partition coefficient (Wildman–Crippen LogP) is 5.07. The van der Waals surface area contributed by atoms with Crippen molar-refractivity contribution in [1.82, 2.24) is 9.55 Å². The standard InChI is InChI=1S/C19H12BrFN2OS/c20-14-5-1-3-12(7-14)9-23-11-22-17-16(10-25-18(17)19(23)24)13-4-2-6-15(21)8-13/h1-8,10-11H,9H2. The van der Waals surface area contributed by atoms with Crippen LogP contribution >= 0.6 is 27.3 Å². The zero-order chi connectivity index (χ0) is 17.4. The van der Waals surface area contributed by atoms with Gasteiger partial charge in [0.25, 0.3) is 5.56 Å². The third kappa shape index (κ3) is 3.15. The Morgan fingerprint density at radius 1 is 1.16 bits per heavy atom. The Labute approximate surface area is 155 Å². The van der Waals surface area contributed by atoms with Crippen LogP contribution in [0.3, 0.4) is 0 Å². The lowest BCUT2D eigenvalue weighted by molar-refractivity contribution is 0.628. The zero-order valence-electron chi connectivity index (χ0n) is 12.9. The number of thiophene rings is 1. The van der Waals surface area contributed by atoms with Crippen molar-refractivity contribution < 1.29 is 4.39 Å². The van der Waals surface area contributed by atoms with Gasteiger partial charge < -0.3 is 0 Å². The van der Waals surface area contributed by atoms with Gasteiger partial charge in [0.1, 0.15) is 10.5 Å². The number of hydrogen-bond acceptors (Lipinski definition) is 3. The molecule has 0 atom stereocenters. The molecule has 0 N–H and O–H groups in total. The summed E-state index contributed by atoms with van der Waals surface area (Å²) in [5, 5.41) is 1.86. The van der Waals surface area contributed by atoms with Crippen LogP contribution in [0.5, 0.6) is 0 Å². The van der Waals surface area contributed by atoms with Gasteiger partial charge in [0.15, 0.2) is 0 Å². The van der Waals surface area contributed by atoms with Gasteiger partial charge in [-0.15, -0.1) is 11.3 Å². The van der Waals surface area contributed by atoms with Crippen molar-refractivity contribution in [3.8, 4) is 11.1 Å². The second-order valence-corrected chi connectivity index (χ2v) is 7.44. The van der Waals surface area contributed by atoms with Crippen molar-refractivity contribution in [2.24, 2.45) is 0 Å². The second kappa shape index (κ2) is 6.54. The summed E-state index contributed by atoms with van der Waals surface area (Å²) in [7, 11) is 0. The van der Waals surface area contributed by atoms with E-state index in [2.05, 4.69) is 20.9 Å². The van der Waals surface area contributed by atoms with Crippen LogP contribution in [0.4, 0.5) is 4.39 Å². The fourth-order valence-corrected chi connectivity index (χ4v) is 4.17. The summed E-state index contributed by atoms with van der Waals surface area (Å²) in [6.07, 6.45) is 1.56. The largest absolute Gasteiger partial charge is 0.294 e. The topological polar surface area (TPSA) is 34.9 Å². The van der Waals surface area contributed by atoms with E-state index in [4.69, 9.17) is 0 Å². The normalized spacial score (nSPS) is 11.1. The zero-order valence-corrected chi connectivity index (χ0v) is 15.3. The van der Waals surface area contributed by atoms with Gasteiger partial charge in [0.2, 0.25) is 0 Å². The average molecular weight is 415 g/mol. The van der Waals surface area contributed by atoms with Gasteiger partial charge in [-0.05, 0) is 35.4 Å². The van der Waals surface area contributed by atoms with Gasteiger partial charge >= 0.3 is 0 Å². The minimum absolute atomic E-state index is 0.0855. The van der Waals surface area contributed by atoms with Crippen molar-refractivity contribution >= 4 is 37.5 Å². The van der Waals surface area contributed by atoms with E-state index in [1.54, 1.807) is 17.0 Å². The number of aromatic nitrogens is 2. The van der Waals surface area contributed by atoms with E-state index in [0.717, 1.165) is 21.2 Å². The van der Waals surface area contributed by atoms with Crippen molar-refractivity contribution in [1.29, 1.82) is 0 Å². The van der Waals surface area contributed by atoms with Crippen molar-refractivity contribution in [2.75, 3.05) is 0 Å². The van der Waals surface area contributed by atoms with Gasteiger partial charge in [-0.25, -0.2) is 9.37 Å². The summed E-state index contributed by atoms with van der Waals surface area (Å²) in [5.74, 6) is -0.306. The summed E-state index contributed by atoms with van der Waals surface area (Å²) < 4.78 is 16.6. The minimum atomic E-state index is -0.306. The van der Waals surface area contributed by atoms with E-state index in [-0.39, 0.29) is 11.4 Å². The molecule has 0 aliphatic heterocycles. The molecule has 3 nitrogen and oxygen atoms in total. The Kier molecular flexibility index (Phi) is 4.23. The Morgan fingerprint density at radius 3 is 2.80 bits per heavy atom. The van der Waals surface area contributed by atoms with Crippen molar-refractivity contribution in [3.63, 3.8) is 0 Å². The molecule has 0 radical (unpaired) electrons. The molecule has 2 heterocycles. The number of fused-ring (bicyclic) bond motifs is 1. The molecule has 0 saturated carbocycles. The Hall–Kier alpha value is -2.31. The SMILES string of the molecule is O=c1c2scc(-c3cccc(F)c3)c2ncn1Cc1cccc(Br)c1. The van der Waals surface area contributed by atoms with Crippen LogP contribution in [0.25, 0.3) is 21.3 Å². The average Bonchev–Trinajstić information content (AvgIpc) is 3.02. The highest BCUT2D eigenvalue weighted by Gasteiger charge is 2.13. The van der Waals surface area contributed by atoms with E-state index in [9.17, 15) is 9.18 Å². The fourth-order valence-electron chi connectivity index (χ4n) is 2.75. The van der Waals surface area contributed by atoms with E-state index in [1.165, 1.54) is 23.5 Å². The number of hydrogen-bond donors (Lipinski definition) is 0. The fraction of sp³-hybridized carbons (Fsp3) is 0.0526. The summed E-state index contributed by atoms with van der Waals surface area (Å²) in [6, 6.07) is 14.1. The van der Waals surface area contributed by atoms with Gasteiger partial charge in [-0.2, -0.15) is 0 Å². The van der Waals surface area contributed by atoms with Crippen LogP contribution in [0.1, 0.15) is 5.56 Å². The van der Waals surface area contributed by atoms with Crippen LogP contribution in [0.15, 0.2) is 69.5 Å². The van der Waals surface area contributed by atoms with Gasteiger partial charge in [-0.1, -0.05) is 40.2 Å². The molecule has 25 heavy (non-hydrogen) atoms. The van der Waals surface area contributed by atoms with Crippen molar-refractivity contribution in [3.05, 3.63) is 86.4 Å². The predicted molar refractivity (Wildman–Crippen MR) is 103 cm³/mol. The molecule has 0 amide bonds. The second-order valence-electron chi connectivity index (χ2n) is 5.64. The highest BCUT2D eigenvalue weighted by Crippen LogP contribution is 2.31. The molecular formula is C19H12BrFN2OS. The maximum absolute atomic E-state index is 13.5. The Balaban J connectivity index is 1.78. The monoisotopic (exact) mass is 414 g/mol. The van der Waals surface area contributed by atoms with E-state index >= 15 is 0 Å². The summed E-state index contributed by atoms with van der Waals surface area (Å²) >= 11 is 4.78. The van der Waals surface area contributed by atoms with Crippen LogP contribution < -0.4 is 5.56 Å². The number of benzene rings is 2. The van der Waals surface area contributed by atoms with Crippen LogP contribution in [-0.4, -0.2) is 9.55 Å². The summed E-state index contributed by atoms with van der Waals surface area (Å²) in [5.41, 5.74) is 3.05. The molecule has 0 unspecified atom stereocenters. The molecule has 4 rings (SSSR count). The van der Waals surface area contributed by atoms with E-state index in [0.29, 0.717) is 16.8 Å². The molecular weight excluding hydrogens is 403 g/mol. The van der Waals surface area contributed by atoms with E-state index < -0.39 is 0 Å². The first-order chi connectivity index (χ1) is 12.1. The molecule has 0 bridgehead atoms. The van der Waals surface area contributed by atoms with E-state index in [1.807, 2.05) is 35.7 Å². The maximum atomic E-state index is 13.5. The number of halogens is 2. The van der Waals surface area contributed by atoms with Gasteiger partial charge in [0, 0.05) is 15.4 Å². The number of rotatable bonds is 3. The lowest BCUT2D eigenvalue weighted by Crippen LogP contribution is -2.20. The first kappa shape index (κ1) is 16.2. The molecule has 0 aliphatic carbocycles. The molecule has 0 aliphatic rings. The molecule has 0 saturated heterocycles. The molecule has 124 valence electrons. The van der Waals surface area contributed by atoms with Crippen LogP contribution in [0.2, 0.25) is 0 Å². The molecule has 4 aromatic rings. The first-order valence-corrected chi connectivity index (χ1v) is 9.26. The quantitative estimate of drug-likeness (QED) is 0.468. The third-order valence-corrected chi connectivity index (χ3v) is 5.37. The first-order valence-electron chi connectivity index (χ1n) is 7.59. The van der Waals surface area contributed by atoms with Crippen molar-refractivity contribution in [2.45, 2.75) is 6.54 Å². The molecule has 6 heteroatoms. The molecule has 2 aromatic carbocycles. The molecule has 0 spiro atoms. The van der Waals surface area contributed by atoms with Gasteiger partial charge in [0.05, 0.1) is 18.4 Å². The van der Waals surface area contributed by atoms with Gasteiger partial charge in [-0.3, -0.25) is 9.36 Å². The highest BCUT2D eigenvalue weighted by molar-refractivity contribution is 9.10. The minimum Gasteiger partial charge on any atom is -0.294 e.